The standard InChI is InChI=1S/C17H13NO4.Na/c1-10-6-12(7-15-17(10)21-9-20-15)16-14(8-22-18-16)11-2-4-13(19)5-3-11;/h2-8,19H,9H2,1H3;/q;+1/p-1. The van der Waals surface area contributed by atoms with Crippen LogP contribution in [0.25, 0.3) is 22.4 Å². The molecule has 1 aliphatic rings. The molecular weight excluding hydrogens is 305 g/mol. The zero-order chi connectivity index (χ0) is 15.1. The molecule has 0 saturated heterocycles. The van der Waals surface area contributed by atoms with Crippen molar-refractivity contribution in [1.29, 1.82) is 0 Å². The van der Waals surface area contributed by atoms with E-state index in [1.54, 1.807) is 18.4 Å². The summed E-state index contributed by atoms with van der Waals surface area (Å²) in [6.45, 7) is 2.19. The van der Waals surface area contributed by atoms with Gasteiger partial charge in [0, 0.05) is 11.1 Å². The van der Waals surface area contributed by atoms with Gasteiger partial charge in [-0.25, -0.2) is 0 Å². The van der Waals surface area contributed by atoms with Gasteiger partial charge in [0.05, 0.1) is 0 Å². The van der Waals surface area contributed by atoms with Crippen LogP contribution in [-0.2, 0) is 0 Å². The summed E-state index contributed by atoms with van der Waals surface area (Å²) in [7, 11) is 0. The number of nitrogens with zero attached hydrogens (tertiary/aromatic N) is 1. The number of fused-ring (bicyclic) bond motifs is 1. The Kier molecular flexibility index (Phi) is 4.35. The van der Waals surface area contributed by atoms with Gasteiger partial charge in [-0.2, -0.15) is 0 Å². The maximum atomic E-state index is 11.2. The van der Waals surface area contributed by atoms with Gasteiger partial charge in [-0.15, -0.1) is 5.75 Å². The number of benzene rings is 2. The van der Waals surface area contributed by atoms with Crippen LogP contribution in [0.5, 0.6) is 17.2 Å². The summed E-state index contributed by atoms with van der Waals surface area (Å²) in [5.74, 6) is 1.45. The van der Waals surface area contributed by atoms with Gasteiger partial charge in [0.25, 0.3) is 0 Å². The van der Waals surface area contributed by atoms with Crippen LogP contribution in [0.2, 0.25) is 0 Å². The third-order valence-electron chi connectivity index (χ3n) is 3.67. The molecule has 0 aliphatic carbocycles. The van der Waals surface area contributed by atoms with E-state index in [1.807, 2.05) is 19.1 Å². The van der Waals surface area contributed by atoms with Crippen molar-refractivity contribution < 1.29 is 48.7 Å². The number of aryl methyl sites for hydroxylation is 1. The van der Waals surface area contributed by atoms with Crippen LogP contribution < -0.4 is 44.1 Å². The Morgan fingerprint density at radius 3 is 2.61 bits per heavy atom. The van der Waals surface area contributed by atoms with E-state index >= 15 is 0 Å². The van der Waals surface area contributed by atoms with Crippen molar-refractivity contribution in [2.24, 2.45) is 0 Å². The minimum absolute atomic E-state index is 0. The molecule has 0 fully saturated rings. The molecule has 0 N–H and O–H groups in total. The summed E-state index contributed by atoms with van der Waals surface area (Å²) >= 11 is 0. The van der Waals surface area contributed by atoms with Gasteiger partial charge < -0.3 is 19.1 Å². The predicted octanol–water partition coefficient (Wildman–Crippen LogP) is 0.123. The van der Waals surface area contributed by atoms with Crippen LogP contribution in [0.15, 0.2) is 47.2 Å². The van der Waals surface area contributed by atoms with Gasteiger partial charge in [-0.05, 0) is 30.2 Å². The first-order chi connectivity index (χ1) is 10.7. The van der Waals surface area contributed by atoms with Crippen LogP contribution in [0.1, 0.15) is 5.56 Å². The van der Waals surface area contributed by atoms with E-state index in [9.17, 15) is 5.11 Å². The van der Waals surface area contributed by atoms with E-state index in [1.165, 1.54) is 12.1 Å². The average Bonchev–Trinajstić information content (AvgIpc) is 3.16. The zero-order valence-electron chi connectivity index (χ0n) is 12.8. The fraction of sp³-hybridized carbons (Fsp3) is 0.118. The number of ether oxygens (including phenoxy) is 2. The molecule has 0 spiro atoms. The molecule has 2 aromatic carbocycles. The fourth-order valence-electron chi connectivity index (χ4n) is 2.61. The monoisotopic (exact) mass is 317 g/mol. The van der Waals surface area contributed by atoms with Crippen molar-refractivity contribution in [1.82, 2.24) is 5.16 Å². The van der Waals surface area contributed by atoms with Gasteiger partial charge in [-0.1, -0.05) is 29.4 Å². The average molecular weight is 317 g/mol. The molecule has 110 valence electrons. The Balaban J connectivity index is 0.00000156. The smallest absolute Gasteiger partial charge is 0.872 e. The van der Waals surface area contributed by atoms with Crippen molar-refractivity contribution in [2.45, 2.75) is 6.92 Å². The predicted molar refractivity (Wildman–Crippen MR) is 77.7 cm³/mol. The summed E-state index contributed by atoms with van der Waals surface area (Å²) in [6.07, 6.45) is 1.58. The maximum absolute atomic E-state index is 11.2. The Bertz CT molecular complexity index is 842. The molecule has 0 unspecified atom stereocenters. The molecule has 0 bridgehead atoms. The summed E-state index contributed by atoms with van der Waals surface area (Å²) in [5.41, 5.74) is 4.29. The molecule has 1 aliphatic heterocycles. The van der Waals surface area contributed by atoms with Crippen LogP contribution in [0.3, 0.4) is 0 Å². The molecule has 0 amide bonds. The second kappa shape index (κ2) is 6.28. The summed E-state index contributed by atoms with van der Waals surface area (Å²) in [5, 5.41) is 15.4. The molecule has 1 aromatic heterocycles. The topological polar surface area (TPSA) is 67.6 Å². The van der Waals surface area contributed by atoms with E-state index in [0.717, 1.165) is 28.0 Å². The molecule has 2 heterocycles. The van der Waals surface area contributed by atoms with E-state index < -0.39 is 0 Å². The van der Waals surface area contributed by atoms with Crippen LogP contribution in [-0.4, -0.2) is 11.9 Å². The van der Waals surface area contributed by atoms with Gasteiger partial charge in [-0.3, -0.25) is 0 Å². The molecule has 23 heavy (non-hydrogen) atoms. The largest absolute Gasteiger partial charge is 1.00 e. The summed E-state index contributed by atoms with van der Waals surface area (Å²) in [6, 6.07) is 10.4. The van der Waals surface area contributed by atoms with E-state index in [2.05, 4.69) is 5.16 Å². The third-order valence-corrected chi connectivity index (χ3v) is 3.67. The number of hydrogen-bond acceptors (Lipinski definition) is 5. The number of aromatic nitrogens is 1. The molecule has 6 heteroatoms. The molecule has 0 saturated carbocycles. The second-order valence-electron chi connectivity index (χ2n) is 5.13. The number of rotatable bonds is 2. The van der Waals surface area contributed by atoms with Crippen molar-refractivity contribution in [2.75, 3.05) is 6.79 Å². The Morgan fingerprint density at radius 2 is 1.83 bits per heavy atom. The molecule has 5 nitrogen and oxygen atoms in total. The van der Waals surface area contributed by atoms with E-state index in [4.69, 9.17) is 14.0 Å². The summed E-state index contributed by atoms with van der Waals surface area (Å²) < 4.78 is 16.0. The molecule has 0 radical (unpaired) electrons. The van der Waals surface area contributed by atoms with Crippen LogP contribution in [0, 0.1) is 6.92 Å². The first-order valence-electron chi connectivity index (χ1n) is 6.85. The van der Waals surface area contributed by atoms with Crippen molar-refractivity contribution >= 4 is 0 Å². The van der Waals surface area contributed by atoms with Gasteiger partial charge in [0.15, 0.2) is 11.5 Å². The normalized spacial score (nSPS) is 12.0. The van der Waals surface area contributed by atoms with E-state index in [-0.39, 0.29) is 42.1 Å². The Hall–Kier alpha value is -1.95. The first-order valence-corrected chi connectivity index (χ1v) is 6.85. The zero-order valence-corrected chi connectivity index (χ0v) is 14.8. The fourth-order valence-corrected chi connectivity index (χ4v) is 2.61. The Labute approximate surface area is 155 Å². The minimum atomic E-state index is -0.0271. The van der Waals surface area contributed by atoms with E-state index in [0.29, 0.717) is 11.4 Å². The quantitative estimate of drug-likeness (QED) is 0.628. The van der Waals surface area contributed by atoms with Gasteiger partial charge in [0.1, 0.15) is 12.0 Å². The minimum Gasteiger partial charge on any atom is -0.872 e. The molecule has 4 rings (SSSR count). The first kappa shape index (κ1) is 15.9. The van der Waals surface area contributed by atoms with Crippen molar-refractivity contribution in [3.8, 4) is 39.6 Å². The van der Waals surface area contributed by atoms with Crippen LogP contribution in [0.4, 0.5) is 0 Å². The second-order valence-corrected chi connectivity index (χ2v) is 5.13. The number of hydrogen-bond donors (Lipinski definition) is 0. The Morgan fingerprint density at radius 1 is 1.04 bits per heavy atom. The maximum Gasteiger partial charge on any atom is 1.00 e. The van der Waals surface area contributed by atoms with Gasteiger partial charge in [0.2, 0.25) is 6.79 Å². The van der Waals surface area contributed by atoms with Crippen LogP contribution >= 0.6 is 0 Å². The molecule has 3 aromatic rings. The molecular formula is C17H12NNaO4. The van der Waals surface area contributed by atoms with Crippen molar-refractivity contribution in [3.63, 3.8) is 0 Å². The molecule has 0 atom stereocenters. The third kappa shape index (κ3) is 2.83. The summed E-state index contributed by atoms with van der Waals surface area (Å²) in [4.78, 5) is 0. The SMILES string of the molecule is Cc1cc(-c2nocc2-c2ccc([O-])cc2)cc2c1OCO2.[Na+]. The van der Waals surface area contributed by atoms with Crippen molar-refractivity contribution in [3.05, 3.63) is 48.2 Å². The van der Waals surface area contributed by atoms with Gasteiger partial charge >= 0.3 is 29.6 Å².